The molecule has 0 radical (unpaired) electrons. The van der Waals surface area contributed by atoms with Gasteiger partial charge in [-0.3, -0.25) is 4.79 Å². The minimum atomic E-state index is -0.254. The second-order valence-electron chi connectivity index (χ2n) is 6.85. The summed E-state index contributed by atoms with van der Waals surface area (Å²) in [4.78, 5) is 12.0. The second-order valence-corrected chi connectivity index (χ2v) is 6.85. The highest BCUT2D eigenvalue weighted by Crippen LogP contribution is 2.57. The molecule has 106 valence electrons. The molecule has 2 aliphatic carbocycles. The number of aryl methyl sites for hydroxylation is 1. The highest BCUT2D eigenvalue weighted by Gasteiger charge is 2.56. The normalized spacial score (nSPS) is 38.6. The van der Waals surface area contributed by atoms with Gasteiger partial charge in [0.05, 0.1) is 12.0 Å². The maximum absolute atomic E-state index is 12.0. The van der Waals surface area contributed by atoms with Crippen molar-refractivity contribution < 1.29 is 14.6 Å². The van der Waals surface area contributed by atoms with Crippen LogP contribution in [0.4, 0.5) is 0 Å². The Morgan fingerprint density at radius 1 is 1.35 bits per heavy atom. The molecule has 1 aliphatic heterocycles. The number of carbonyl (C=O) groups is 1. The third-order valence-corrected chi connectivity index (χ3v) is 5.96. The Morgan fingerprint density at radius 3 is 3.05 bits per heavy atom. The van der Waals surface area contributed by atoms with E-state index in [1.54, 1.807) is 6.07 Å². The fourth-order valence-electron chi connectivity index (χ4n) is 4.78. The summed E-state index contributed by atoms with van der Waals surface area (Å²) in [5, 5.41) is 9.65. The smallest absolute Gasteiger partial charge is 0.312 e. The van der Waals surface area contributed by atoms with Gasteiger partial charge < -0.3 is 9.84 Å². The minimum absolute atomic E-state index is 0.0115. The summed E-state index contributed by atoms with van der Waals surface area (Å²) < 4.78 is 5.38. The molecule has 20 heavy (non-hydrogen) atoms. The van der Waals surface area contributed by atoms with Crippen LogP contribution in [0, 0.1) is 17.3 Å². The lowest BCUT2D eigenvalue weighted by Gasteiger charge is -2.46. The third kappa shape index (κ3) is 1.49. The van der Waals surface area contributed by atoms with Crippen LogP contribution in [0.1, 0.15) is 43.2 Å². The van der Waals surface area contributed by atoms with Crippen LogP contribution >= 0.6 is 0 Å². The molecule has 4 rings (SSSR count). The number of carbonyl (C=O) groups excluding carboxylic acids is 1. The Hall–Kier alpha value is -1.51. The number of aromatic hydroxyl groups is 1. The number of fused-ring (bicyclic) bond motifs is 5. The zero-order valence-electron chi connectivity index (χ0n) is 11.8. The zero-order chi connectivity index (χ0) is 13.9. The summed E-state index contributed by atoms with van der Waals surface area (Å²) >= 11 is 0. The van der Waals surface area contributed by atoms with Crippen LogP contribution in [-0.2, 0) is 16.0 Å². The van der Waals surface area contributed by atoms with Crippen LogP contribution in [-0.4, -0.2) is 17.7 Å². The van der Waals surface area contributed by atoms with Crippen molar-refractivity contribution in [2.75, 3.05) is 6.61 Å². The number of esters is 1. The number of rotatable bonds is 0. The summed E-state index contributed by atoms with van der Waals surface area (Å²) in [6, 6.07) is 5.79. The topological polar surface area (TPSA) is 46.5 Å². The van der Waals surface area contributed by atoms with Gasteiger partial charge in [0.1, 0.15) is 5.75 Å². The number of hydrogen-bond donors (Lipinski definition) is 1. The number of phenolic OH excluding ortho intramolecular Hbond substituents is 1. The van der Waals surface area contributed by atoms with Crippen molar-refractivity contribution >= 4 is 5.97 Å². The van der Waals surface area contributed by atoms with Crippen LogP contribution in [0.5, 0.6) is 5.75 Å². The van der Waals surface area contributed by atoms with E-state index < -0.39 is 0 Å². The molecule has 1 saturated carbocycles. The molecular weight excluding hydrogens is 252 g/mol. The van der Waals surface area contributed by atoms with E-state index in [4.69, 9.17) is 4.74 Å². The quantitative estimate of drug-likeness (QED) is 0.738. The minimum Gasteiger partial charge on any atom is -0.508 e. The van der Waals surface area contributed by atoms with E-state index >= 15 is 0 Å². The fourth-order valence-corrected chi connectivity index (χ4v) is 4.78. The number of cyclic esters (lactones) is 1. The molecule has 3 heteroatoms. The maximum atomic E-state index is 12.0. The Morgan fingerprint density at radius 2 is 2.20 bits per heavy atom. The predicted molar refractivity (Wildman–Crippen MR) is 74.4 cm³/mol. The van der Waals surface area contributed by atoms with Gasteiger partial charge in [-0.2, -0.15) is 0 Å². The summed E-state index contributed by atoms with van der Waals surface area (Å²) in [6.45, 7) is 2.69. The van der Waals surface area contributed by atoms with Crippen molar-refractivity contribution in [2.45, 2.75) is 38.5 Å². The van der Waals surface area contributed by atoms with Crippen molar-refractivity contribution in [3.63, 3.8) is 0 Å². The van der Waals surface area contributed by atoms with Gasteiger partial charge in [-0.05, 0) is 67.7 Å². The van der Waals surface area contributed by atoms with Crippen molar-refractivity contribution in [1.82, 2.24) is 0 Å². The van der Waals surface area contributed by atoms with Crippen LogP contribution in [0.15, 0.2) is 18.2 Å². The second kappa shape index (κ2) is 4.00. The molecular formula is C17H20O3. The first-order valence-electron chi connectivity index (χ1n) is 7.58. The molecule has 0 bridgehead atoms. The zero-order valence-corrected chi connectivity index (χ0v) is 11.8. The number of phenols is 1. The van der Waals surface area contributed by atoms with Crippen molar-refractivity contribution in [3.8, 4) is 5.75 Å². The number of benzene rings is 1. The first kappa shape index (κ1) is 12.2. The summed E-state index contributed by atoms with van der Waals surface area (Å²) in [6.07, 6.45) is 4.10. The highest BCUT2D eigenvalue weighted by atomic mass is 16.5. The van der Waals surface area contributed by atoms with Gasteiger partial charge in [-0.25, -0.2) is 0 Å². The van der Waals surface area contributed by atoms with Gasteiger partial charge in [0.15, 0.2) is 0 Å². The average molecular weight is 272 g/mol. The van der Waals surface area contributed by atoms with Crippen LogP contribution in [0.3, 0.4) is 0 Å². The maximum Gasteiger partial charge on any atom is 0.312 e. The predicted octanol–water partition coefficient (Wildman–Crippen LogP) is 3.01. The lowest BCUT2D eigenvalue weighted by molar-refractivity contribution is -0.147. The van der Waals surface area contributed by atoms with E-state index in [-0.39, 0.29) is 11.4 Å². The molecule has 1 saturated heterocycles. The molecule has 0 amide bonds. The molecule has 0 spiro atoms. The highest BCUT2D eigenvalue weighted by molar-refractivity contribution is 5.79. The van der Waals surface area contributed by atoms with Gasteiger partial charge >= 0.3 is 5.97 Å². The largest absolute Gasteiger partial charge is 0.508 e. The summed E-state index contributed by atoms with van der Waals surface area (Å²) in [5.74, 6) is 1.83. The Bertz CT molecular complexity index is 580. The third-order valence-electron chi connectivity index (χ3n) is 5.96. The molecule has 4 atom stereocenters. The van der Waals surface area contributed by atoms with E-state index in [1.165, 1.54) is 11.1 Å². The van der Waals surface area contributed by atoms with Crippen LogP contribution < -0.4 is 0 Å². The molecule has 1 aromatic carbocycles. The van der Waals surface area contributed by atoms with E-state index in [0.29, 0.717) is 30.1 Å². The van der Waals surface area contributed by atoms with E-state index in [2.05, 4.69) is 13.0 Å². The van der Waals surface area contributed by atoms with Gasteiger partial charge in [0.25, 0.3) is 0 Å². The van der Waals surface area contributed by atoms with Crippen molar-refractivity contribution in [3.05, 3.63) is 29.3 Å². The first-order chi connectivity index (χ1) is 9.59. The van der Waals surface area contributed by atoms with Gasteiger partial charge in [0, 0.05) is 5.92 Å². The lowest BCUT2D eigenvalue weighted by Crippen LogP contribution is -2.43. The SMILES string of the molecule is C[C@]12CC[C@@H]3c4ccc(O)cc4CC[C@H]3[C@@H]1COC2=O. The van der Waals surface area contributed by atoms with Crippen molar-refractivity contribution in [2.24, 2.45) is 17.3 Å². The monoisotopic (exact) mass is 272 g/mol. The molecule has 0 aromatic heterocycles. The number of ether oxygens (including phenoxy) is 1. The molecule has 2 fully saturated rings. The Labute approximate surface area is 118 Å². The standard InChI is InChI=1S/C17H20O3/c1-17-7-6-13-12-5-3-11(18)8-10(12)2-4-14(13)15(17)9-20-16(17)19/h3,5,8,13-15,18H,2,4,6-7,9H2,1H3/t13-,14-,15+,17+/m1/s1. The molecule has 0 unspecified atom stereocenters. The first-order valence-corrected chi connectivity index (χ1v) is 7.58. The van der Waals surface area contributed by atoms with Gasteiger partial charge in [0.2, 0.25) is 0 Å². The fraction of sp³-hybridized carbons (Fsp3) is 0.588. The number of hydrogen-bond acceptors (Lipinski definition) is 3. The van der Waals surface area contributed by atoms with E-state index in [0.717, 1.165) is 25.7 Å². The Kier molecular flexibility index (Phi) is 2.45. The van der Waals surface area contributed by atoms with Crippen LogP contribution in [0.2, 0.25) is 0 Å². The summed E-state index contributed by atoms with van der Waals surface area (Å²) in [5.41, 5.74) is 2.43. The van der Waals surface area contributed by atoms with Gasteiger partial charge in [-0.15, -0.1) is 0 Å². The molecule has 3 nitrogen and oxygen atoms in total. The van der Waals surface area contributed by atoms with E-state index in [9.17, 15) is 9.90 Å². The van der Waals surface area contributed by atoms with Crippen LogP contribution in [0.25, 0.3) is 0 Å². The molecule has 1 aromatic rings. The average Bonchev–Trinajstić information content (AvgIpc) is 2.74. The molecule has 1 N–H and O–H groups in total. The van der Waals surface area contributed by atoms with Crippen molar-refractivity contribution in [1.29, 1.82) is 0 Å². The lowest BCUT2D eigenvalue weighted by atomic mass is 9.55. The molecule has 3 aliphatic rings. The summed E-state index contributed by atoms with van der Waals surface area (Å²) in [7, 11) is 0. The Balaban J connectivity index is 1.73. The van der Waals surface area contributed by atoms with Gasteiger partial charge in [-0.1, -0.05) is 6.07 Å². The van der Waals surface area contributed by atoms with E-state index in [1.807, 2.05) is 6.07 Å². The molecule has 1 heterocycles.